The monoisotopic (exact) mass is 308 g/mol. The molecule has 21 heavy (non-hydrogen) atoms. The van der Waals surface area contributed by atoms with E-state index in [9.17, 15) is 12.8 Å². The van der Waals surface area contributed by atoms with Gasteiger partial charge in [0.25, 0.3) is 0 Å². The minimum Gasteiger partial charge on any atom is -0.491 e. The molecule has 3 rings (SSSR count). The molecule has 0 fully saturated rings. The maximum absolute atomic E-state index is 13.8. The van der Waals surface area contributed by atoms with E-state index in [1.165, 1.54) is 23.6 Å². The summed E-state index contributed by atoms with van der Waals surface area (Å²) in [5.41, 5.74) is 0.698. The molecular weight excluding hydrogens is 295 g/mol. The van der Waals surface area contributed by atoms with E-state index in [2.05, 4.69) is 4.98 Å². The number of hydrogen-bond acceptors (Lipinski definition) is 4. The number of fused-ring (bicyclic) bond motifs is 1. The van der Waals surface area contributed by atoms with Crippen LogP contribution in [-0.4, -0.2) is 37.9 Å². The zero-order valence-electron chi connectivity index (χ0n) is 11.3. The summed E-state index contributed by atoms with van der Waals surface area (Å²) in [5.74, 6) is -0.356. The Morgan fingerprint density at radius 2 is 2.14 bits per heavy atom. The van der Waals surface area contributed by atoms with Gasteiger partial charge in [-0.1, -0.05) is 6.07 Å². The third kappa shape index (κ3) is 2.38. The summed E-state index contributed by atoms with van der Waals surface area (Å²) in [4.78, 5) is 3.62. The van der Waals surface area contributed by atoms with Crippen LogP contribution in [0.2, 0.25) is 0 Å². The maximum atomic E-state index is 13.8. The van der Waals surface area contributed by atoms with Crippen LogP contribution in [-0.2, 0) is 10.0 Å². The summed E-state index contributed by atoms with van der Waals surface area (Å²) < 4.78 is 45.3. The first-order chi connectivity index (χ1) is 10.00. The summed E-state index contributed by atoms with van der Waals surface area (Å²) >= 11 is 0. The highest BCUT2D eigenvalue weighted by atomic mass is 32.2. The Kier molecular flexibility index (Phi) is 3.38. The zero-order chi connectivity index (χ0) is 15.0. The van der Waals surface area contributed by atoms with Crippen molar-refractivity contribution in [3.05, 3.63) is 42.5 Å². The average Bonchev–Trinajstić information content (AvgIpc) is 2.57. The third-order valence-electron chi connectivity index (χ3n) is 3.37. The van der Waals surface area contributed by atoms with Crippen LogP contribution in [0.4, 0.5) is 4.39 Å². The fourth-order valence-electron chi connectivity index (χ4n) is 2.17. The van der Waals surface area contributed by atoms with E-state index < -0.39 is 16.0 Å². The van der Waals surface area contributed by atoms with Gasteiger partial charge in [0.2, 0.25) is 16.0 Å². The van der Waals surface area contributed by atoms with Crippen LogP contribution in [0.3, 0.4) is 0 Å². The Bertz CT molecular complexity index is 793. The van der Waals surface area contributed by atoms with Gasteiger partial charge in [0, 0.05) is 25.4 Å². The summed E-state index contributed by atoms with van der Waals surface area (Å²) in [6.07, 6.45) is 1.34. The van der Waals surface area contributed by atoms with E-state index >= 15 is 0 Å². The van der Waals surface area contributed by atoms with E-state index in [1.807, 2.05) is 0 Å². The molecule has 0 radical (unpaired) electrons. The van der Waals surface area contributed by atoms with Crippen molar-refractivity contribution in [2.24, 2.45) is 0 Å². The third-order valence-corrected chi connectivity index (χ3v) is 5.24. The Morgan fingerprint density at radius 1 is 1.33 bits per heavy atom. The van der Waals surface area contributed by atoms with E-state index in [-0.39, 0.29) is 29.4 Å². The van der Waals surface area contributed by atoms with Crippen molar-refractivity contribution in [2.45, 2.75) is 4.90 Å². The maximum Gasteiger partial charge on any atom is 0.246 e. The molecule has 0 atom stereocenters. The number of ether oxygens (including phenoxy) is 1. The minimum atomic E-state index is -3.64. The van der Waals surface area contributed by atoms with Gasteiger partial charge in [0.05, 0.1) is 0 Å². The SMILES string of the molecule is CN1CCOc2ccc(-c3cccnc3F)cc2S1(=O)=O. The summed E-state index contributed by atoms with van der Waals surface area (Å²) in [6.45, 7) is 0.553. The van der Waals surface area contributed by atoms with Gasteiger partial charge in [0.1, 0.15) is 17.3 Å². The summed E-state index contributed by atoms with van der Waals surface area (Å²) in [5, 5.41) is 0. The van der Waals surface area contributed by atoms with Crippen molar-refractivity contribution in [3.63, 3.8) is 0 Å². The van der Waals surface area contributed by atoms with Crippen molar-refractivity contribution >= 4 is 10.0 Å². The molecule has 0 bridgehead atoms. The molecule has 110 valence electrons. The van der Waals surface area contributed by atoms with Crippen molar-refractivity contribution in [1.82, 2.24) is 9.29 Å². The number of hydrogen-bond donors (Lipinski definition) is 0. The second-order valence-corrected chi connectivity index (χ2v) is 6.69. The lowest BCUT2D eigenvalue weighted by molar-refractivity contribution is 0.293. The number of pyridine rings is 1. The number of nitrogens with zero attached hydrogens (tertiary/aromatic N) is 2. The summed E-state index contributed by atoms with van der Waals surface area (Å²) in [7, 11) is -2.14. The van der Waals surface area contributed by atoms with Crippen molar-refractivity contribution < 1.29 is 17.5 Å². The molecule has 0 unspecified atom stereocenters. The first kappa shape index (κ1) is 14.0. The highest BCUT2D eigenvalue weighted by molar-refractivity contribution is 7.89. The standard InChI is InChI=1S/C14H13FN2O3S/c1-17-7-8-20-12-5-4-10(9-13(12)21(17,18)19)11-3-2-6-16-14(11)15/h2-6,9H,7-8H2,1H3. The van der Waals surface area contributed by atoms with Crippen LogP contribution >= 0.6 is 0 Å². The van der Waals surface area contributed by atoms with Gasteiger partial charge in [-0.3, -0.25) is 0 Å². The molecule has 5 nitrogen and oxygen atoms in total. The van der Waals surface area contributed by atoms with E-state index in [0.717, 1.165) is 0 Å². The smallest absolute Gasteiger partial charge is 0.246 e. The normalized spacial score (nSPS) is 17.6. The largest absolute Gasteiger partial charge is 0.491 e. The van der Waals surface area contributed by atoms with E-state index in [0.29, 0.717) is 5.56 Å². The molecule has 1 aliphatic heterocycles. The van der Waals surface area contributed by atoms with E-state index in [4.69, 9.17) is 4.74 Å². The molecular formula is C14H13FN2O3S. The molecule has 1 aromatic heterocycles. The fourth-order valence-corrected chi connectivity index (χ4v) is 3.48. The Labute approximate surface area is 122 Å². The van der Waals surface area contributed by atoms with Crippen molar-refractivity contribution in [2.75, 3.05) is 20.2 Å². The van der Waals surface area contributed by atoms with Gasteiger partial charge in [0.15, 0.2) is 0 Å². The van der Waals surface area contributed by atoms with Gasteiger partial charge in [-0.2, -0.15) is 8.70 Å². The molecule has 1 aromatic carbocycles. The molecule has 7 heteroatoms. The van der Waals surface area contributed by atoms with Crippen LogP contribution in [0, 0.1) is 5.95 Å². The molecule has 0 aliphatic carbocycles. The summed E-state index contributed by atoms with van der Waals surface area (Å²) in [6, 6.07) is 7.75. The van der Waals surface area contributed by atoms with Crippen LogP contribution in [0.25, 0.3) is 11.1 Å². The number of likely N-dealkylation sites (N-methyl/N-ethyl adjacent to an activating group) is 1. The van der Waals surface area contributed by atoms with Gasteiger partial charge >= 0.3 is 0 Å². The van der Waals surface area contributed by atoms with Crippen LogP contribution in [0.15, 0.2) is 41.4 Å². The molecule has 0 saturated carbocycles. The van der Waals surface area contributed by atoms with Crippen LogP contribution in [0.1, 0.15) is 0 Å². The Morgan fingerprint density at radius 3 is 2.90 bits per heavy atom. The number of halogens is 1. The number of rotatable bonds is 1. The zero-order valence-corrected chi connectivity index (χ0v) is 12.1. The quantitative estimate of drug-likeness (QED) is 0.755. The number of sulfonamides is 1. The van der Waals surface area contributed by atoms with Crippen LogP contribution in [0.5, 0.6) is 5.75 Å². The average molecular weight is 308 g/mol. The van der Waals surface area contributed by atoms with Gasteiger partial charge in [-0.05, 0) is 29.8 Å². The second kappa shape index (κ2) is 5.09. The van der Waals surface area contributed by atoms with E-state index in [1.54, 1.807) is 24.3 Å². The first-order valence-corrected chi connectivity index (χ1v) is 7.78. The fraction of sp³-hybridized carbons (Fsp3) is 0.214. The highest BCUT2D eigenvalue weighted by Crippen LogP contribution is 2.33. The number of benzene rings is 1. The Hall–Kier alpha value is -1.99. The molecule has 0 saturated heterocycles. The molecule has 2 heterocycles. The molecule has 2 aromatic rings. The lowest BCUT2D eigenvalue weighted by atomic mass is 10.1. The second-order valence-electron chi connectivity index (χ2n) is 4.68. The van der Waals surface area contributed by atoms with Crippen molar-refractivity contribution in [1.29, 1.82) is 0 Å². The first-order valence-electron chi connectivity index (χ1n) is 6.34. The predicted molar refractivity (Wildman–Crippen MR) is 74.9 cm³/mol. The highest BCUT2D eigenvalue weighted by Gasteiger charge is 2.28. The molecule has 0 N–H and O–H groups in total. The van der Waals surface area contributed by atoms with Gasteiger partial charge in [-0.15, -0.1) is 0 Å². The number of aromatic nitrogens is 1. The molecule has 1 aliphatic rings. The topological polar surface area (TPSA) is 59.5 Å². The predicted octanol–water partition coefficient (Wildman–Crippen LogP) is 1.90. The Balaban J connectivity index is 2.20. The molecule has 0 amide bonds. The minimum absolute atomic E-state index is 0.0447. The van der Waals surface area contributed by atoms with Crippen LogP contribution < -0.4 is 4.74 Å². The van der Waals surface area contributed by atoms with Gasteiger partial charge < -0.3 is 4.74 Å². The lowest BCUT2D eigenvalue weighted by Crippen LogP contribution is -2.28. The molecule has 0 spiro atoms. The van der Waals surface area contributed by atoms with Crippen molar-refractivity contribution in [3.8, 4) is 16.9 Å². The van der Waals surface area contributed by atoms with Gasteiger partial charge in [-0.25, -0.2) is 13.4 Å². The lowest BCUT2D eigenvalue weighted by Gasteiger charge is -2.13.